The SMILES string of the molecule is CCC[C@H](C)O[C@H]1CNC(=O)C1. The summed E-state index contributed by atoms with van der Waals surface area (Å²) in [6.45, 7) is 4.89. The van der Waals surface area contributed by atoms with E-state index in [1.54, 1.807) is 0 Å². The van der Waals surface area contributed by atoms with Crippen molar-refractivity contribution in [1.82, 2.24) is 5.32 Å². The zero-order valence-corrected chi connectivity index (χ0v) is 7.80. The maximum atomic E-state index is 10.8. The van der Waals surface area contributed by atoms with Gasteiger partial charge in [0.2, 0.25) is 5.91 Å². The van der Waals surface area contributed by atoms with E-state index in [1.165, 1.54) is 0 Å². The number of nitrogens with one attached hydrogen (secondary N) is 1. The fraction of sp³-hybridized carbons (Fsp3) is 0.889. The average Bonchev–Trinajstić information content (AvgIpc) is 2.36. The third-order valence-corrected chi connectivity index (χ3v) is 2.06. The molecule has 0 unspecified atom stereocenters. The zero-order chi connectivity index (χ0) is 8.97. The van der Waals surface area contributed by atoms with Gasteiger partial charge < -0.3 is 10.1 Å². The van der Waals surface area contributed by atoms with Crippen LogP contribution >= 0.6 is 0 Å². The molecule has 2 atom stereocenters. The van der Waals surface area contributed by atoms with Crippen molar-refractivity contribution in [2.75, 3.05) is 6.54 Å². The van der Waals surface area contributed by atoms with Gasteiger partial charge in [-0.25, -0.2) is 0 Å². The van der Waals surface area contributed by atoms with Gasteiger partial charge in [-0.2, -0.15) is 0 Å². The molecule has 0 aromatic heterocycles. The highest BCUT2D eigenvalue weighted by Gasteiger charge is 2.23. The van der Waals surface area contributed by atoms with Crippen LogP contribution in [-0.4, -0.2) is 24.7 Å². The highest BCUT2D eigenvalue weighted by Crippen LogP contribution is 2.10. The Balaban J connectivity index is 2.18. The van der Waals surface area contributed by atoms with Crippen molar-refractivity contribution in [3.05, 3.63) is 0 Å². The Hall–Kier alpha value is -0.570. The molecule has 0 aliphatic carbocycles. The molecule has 1 heterocycles. The zero-order valence-electron chi connectivity index (χ0n) is 7.80. The van der Waals surface area contributed by atoms with Crippen molar-refractivity contribution in [3.8, 4) is 0 Å². The Morgan fingerprint density at radius 2 is 2.50 bits per heavy atom. The van der Waals surface area contributed by atoms with Crippen LogP contribution in [0.2, 0.25) is 0 Å². The largest absolute Gasteiger partial charge is 0.373 e. The average molecular weight is 171 g/mol. The summed E-state index contributed by atoms with van der Waals surface area (Å²) < 4.78 is 5.64. The molecule has 3 nitrogen and oxygen atoms in total. The Labute approximate surface area is 73.5 Å². The number of hydrogen-bond acceptors (Lipinski definition) is 2. The normalized spacial score (nSPS) is 25.5. The lowest BCUT2D eigenvalue weighted by Gasteiger charge is -2.16. The summed E-state index contributed by atoms with van der Waals surface area (Å²) >= 11 is 0. The summed E-state index contributed by atoms with van der Waals surface area (Å²) in [7, 11) is 0. The Bertz CT molecular complexity index is 159. The molecule has 0 radical (unpaired) electrons. The van der Waals surface area contributed by atoms with E-state index in [0.717, 1.165) is 12.8 Å². The van der Waals surface area contributed by atoms with Crippen LogP contribution in [0.15, 0.2) is 0 Å². The molecule has 1 rings (SSSR count). The molecule has 1 aliphatic heterocycles. The van der Waals surface area contributed by atoms with E-state index in [1.807, 2.05) is 0 Å². The third-order valence-electron chi connectivity index (χ3n) is 2.06. The first-order chi connectivity index (χ1) is 5.72. The molecule has 3 heteroatoms. The fourth-order valence-electron chi connectivity index (χ4n) is 1.48. The minimum absolute atomic E-state index is 0.110. The van der Waals surface area contributed by atoms with Crippen molar-refractivity contribution in [2.24, 2.45) is 0 Å². The molecular formula is C9H17NO2. The molecule has 0 bridgehead atoms. The monoisotopic (exact) mass is 171 g/mol. The molecule has 0 saturated carbocycles. The summed E-state index contributed by atoms with van der Waals surface area (Å²) in [5.74, 6) is 0.115. The van der Waals surface area contributed by atoms with Gasteiger partial charge in [0, 0.05) is 6.54 Å². The van der Waals surface area contributed by atoms with Crippen molar-refractivity contribution in [1.29, 1.82) is 0 Å². The third kappa shape index (κ3) is 2.81. The topological polar surface area (TPSA) is 38.3 Å². The molecule has 1 aliphatic rings. The van der Waals surface area contributed by atoms with E-state index in [-0.39, 0.29) is 18.1 Å². The Kier molecular flexibility index (Phi) is 3.53. The van der Waals surface area contributed by atoms with E-state index in [2.05, 4.69) is 19.2 Å². The van der Waals surface area contributed by atoms with Crippen LogP contribution in [0, 0.1) is 0 Å². The second kappa shape index (κ2) is 4.45. The standard InChI is InChI=1S/C9H17NO2/c1-3-4-7(2)12-8-5-9(11)10-6-8/h7-8H,3-6H2,1-2H3,(H,10,11)/t7-,8+/m0/s1. The molecular weight excluding hydrogens is 154 g/mol. The lowest BCUT2D eigenvalue weighted by Crippen LogP contribution is -2.22. The van der Waals surface area contributed by atoms with Gasteiger partial charge >= 0.3 is 0 Å². The maximum Gasteiger partial charge on any atom is 0.222 e. The molecule has 12 heavy (non-hydrogen) atoms. The highest BCUT2D eigenvalue weighted by atomic mass is 16.5. The summed E-state index contributed by atoms with van der Waals surface area (Å²) in [4.78, 5) is 10.8. The Morgan fingerprint density at radius 1 is 1.75 bits per heavy atom. The smallest absolute Gasteiger partial charge is 0.222 e. The number of rotatable bonds is 4. The van der Waals surface area contributed by atoms with Crippen LogP contribution in [0.3, 0.4) is 0 Å². The minimum Gasteiger partial charge on any atom is -0.373 e. The quantitative estimate of drug-likeness (QED) is 0.687. The van der Waals surface area contributed by atoms with Crippen LogP contribution in [-0.2, 0) is 9.53 Å². The molecule has 0 aromatic rings. The van der Waals surface area contributed by atoms with Crippen LogP contribution in [0.4, 0.5) is 0 Å². The number of ether oxygens (including phenoxy) is 1. The predicted molar refractivity (Wildman–Crippen MR) is 46.9 cm³/mol. The molecule has 1 fully saturated rings. The van der Waals surface area contributed by atoms with E-state index in [9.17, 15) is 4.79 Å². The number of hydrogen-bond donors (Lipinski definition) is 1. The molecule has 1 saturated heterocycles. The molecule has 0 spiro atoms. The van der Waals surface area contributed by atoms with Gasteiger partial charge in [0.25, 0.3) is 0 Å². The number of amides is 1. The summed E-state index contributed by atoms with van der Waals surface area (Å²) in [6.07, 6.45) is 3.14. The first-order valence-electron chi connectivity index (χ1n) is 4.64. The van der Waals surface area contributed by atoms with Crippen LogP contribution in [0.25, 0.3) is 0 Å². The molecule has 70 valence electrons. The van der Waals surface area contributed by atoms with Crippen LogP contribution < -0.4 is 5.32 Å². The van der Waals surface area contributed by atoms with Gasteiger partial charge in [0.1, 0.15) is 0 Å². The first kappa shape index (κ1) is 9.52. The second-order valence-electron chi connectivity index (χ2n) is 3.37. The maximum absolute atomic E-state index is 10.8. The summed E-state index contributed by atoms with van der Waals surface area (Å²) in [5, 5.41) is 2.75. The van der Waals surface area contributed by atoms with Crippen molar-refractivity contribution >= 4 is 5.91 Å². The van der Waals surface area contributed by atoms with Crippen molar-refractivity contribution < 1.29 is 9.53 Å². The summed E-state index contributed by atoms with van der Waals surface area (Å²) in [6, 6.07) is 0. The predicted octanol–water partition coefficient (Wildman–Crippen LogP) is 1.08. The number of carbonyl (C=O) groups is 1. The molecule has 1 N–H and O–H groups in total. The van der Waals surface area contributed by atoms with Gasteiger partial charge in [0.15, 0.2) is 0 Å². The van der Waals surface area contributed by atoms with Crippen molar-refractivity contribution in [3.63, 3.8) is 0 Å². The first-order valence-corrected chi connectivity index (χ1v) is 4.64. The lowest BCUT2D eigenvalue weighted by molar-refractivity contribution is -0.120. The van der Waals surface area contributed by atoms with Crippen molar-refractivity contribution in [2.45, 2.75) is 45.3 Å². The lowest BCUT2D eigenvalue weighted by atomic mass is 10.2. The van der Waals surface area contributed by atoms with Crippen LogP contribution in [0.5, 0.6) is 0 Å². The van der Waals surface area contributed by atoms with Gasteiger partial charge in [-0.3, -0.25) is 4.79 Å². The van der Waals surface area contributed by atoms with E-state index in [0.29, 0.717) is 13.0 Å². The highest BCUT2D eigenvalue weighted by molar-refractivity contribution is 5.78. The van der Waals surface area contributed by atoms with E-state index < -0.39 is 0 Å². The van der Waals surface area contributed by atoms with Gasteiger partial charge in [0.05, 0.1) is 18.6 Å². The van der Waals surface area contributed by atoms with Gasteiger partial charge in [-0.15, -0.1) is 0 Å². The van der Waals surface area contributed by atoms with E-state index in [4.69, 9.17) is 4.74 Å². The molecule has 0 aromatic carbocycles. The second-order valence-corrected chi connectivity index (χ2v) is 3.37. The van der Waals surface area contributed by atoms with E-state index >= 15 is 0 Å². The van der Waals surface area contributed by atoms with Crippen LogP contribution in [0.1, 0.15) is 33.1 Å². The minimum atomic E-state index is 0.110. The van der Waals surface area contributed by atoms with Gasteiger partial charge in [-0.1, -0.05) is 13.3 Å². The van der Waals surface area contributed by atoms with Gasteiger partial charge in [-0.05, 0) is 13.3 Å². The number of carbonyl (C=O) groups excluding carboxylic acids is 1. The molecule has 1 amide bonds. The summed E-state index contributed by atoms with van der Waals surface area (Å²) in [5.41, 5.74) is 0. The Morgan fingerprint density at radius 3 is 3.00 bits per heavy atom. The fourth-order valence-corrected chi connectivity index (χ4v) is 1.48.